The average molecular weight is 1350 g/mol. The van der Waals surface area contributed by atoms with Crippen LogP contribution in [-0.4, -0.2) is 231 Å². The molecule has 6 rings (SSSR count). The fourth-order valence-corrected chi connectivity index (χ4v) is 24.0. The summed E-state index contributed by atoms with van der Waals surface area (Å²) in [5.41, 5.74) is 24.2. The second-order valence-electron chi connectivity index (χ2n) is 22.8. The minimum Gasteiger partial charge on any atom is -0.508 e. The van der Waals surface area contributed by atoms with Gasteiger partial charge in [0.15, 0.2) is 0 Å². The zero-order chi connectivity index (χ0) is 66.9. The zero-order valence-corrected chi connectivity index (χ0v) is 54.0. The van der Waals surface area contributed by atoms with Gasteiger partial charge in [0.05, 0.1) is 25.6 Å². The van der Waals surface area contributed by atoms with E-state index in [-0.39, 0.29) is 63.2 Å². The molecule has 1 aromatic rings. The summed E-state index contributed by atoms with van der Waals surface area (Å²) in [6, 6.07) is -12.6. The molecule has 14 amide bonds. The lowest BCUT2D eigenvalue weighted by Crippen LogP contribution is -2.60. The molecule has 0 radical (unpaired) electrons. The lowest BCUT2D eigenvalue weighted by Gasteiger charge is -2.41. The van der Waals surface area contributed by atoms with Crippen LogP contribution in [0, 0.1) is 5.92 Å². The Bertz CT molecular complexity index is 2900. The van der Waals surface area contributed by atoms with Crippen molar-refractivity contribution >= 4 is 122 Å². The van der Waals surface area contributed by atoms with Crippen LogP contribution >= 0.6 is 39.5 Å². The number of fused-ring (bicyclic) bond motifs is 5. The fraction of sp³-hybridized carbons (Fsp3) is 0.636. The molecule has 5 heterocycles. The van der Waals surface area contributed by atoms with Crippen LogP contribution in [0.4, 0.5) is 0 Å². The minimum atomic E-state index is -3.14. The molecule has 504 valence electrons. The number of nitrogens with two attached hydrogens (primary N) is 4. The number of unbranched alkanes of at least 4 members (excludes halogenated alkanes) is 1. The quantitative estimate of drug-likeness (QED) is 0.0609. The highest BCUT2D eigenvalue weighted by Gasteiger charge is 2.45. The summed E-state index contributed by atoms with van der Waals surface area (Å²) in [6.07, 6.45) is 0.930. The predicted molar refractivity (Wildman–Crippen MR) is 338 cm³/mol. The number of rotatable bonds is 14. The van der Waals surface area contributed by atoms with E-state index in [0.717, 1.165) is 37.3 Å². The Morgan fingerprint density at radius 3 is 1.91 bits per heavy atom. The average Bonchev–Trinajstić information content (AvgIpc) is 2.39. The topological polar surface area (TPSA) is 510 Å². The SMILES string of the molecule is CCC(C)C(N)C(=O)N[C@H]1CSS23CC(NC(=O)[C@H](C)NC(=O)C4CCCN4C(=O)[C@H](CC(N)=O)NC(=O)C(CS2)NC1=O)C(=O)NCC(=O)N1CCCC1C(=O)N[C@@H](CCCCN)C(=O)NC(Cc1ccc(O)cc1)C(=O)N[C@@H](CO)C(=O)NC(C(N)=O)CS3. The van der Waals surface area contributed by atoms with Gasteiger partial charge in [0, 0.05) is 42.5 Å². The van der Waals surface area contributed by atoms with E-state index in [9.17, 15) is 72.5 Å². The van der Waals surface area contributed by atoms with E-state index in [1.165, 1.54) is 36.1 Å². The summed E-state index contributed by atoms with van der Waals surface area (Å²) < 4.78 is 0. The third kappa shape index (κ3) is 20.2. The summed E-state index contributed by atoms with van der Waals surface area (Å²) >= 11 is 0. The first kappa shape index (κ1) is 72.9. The van der Waals surface area contributed by atoms with Gasteiger partial charge in [0.2, 0.25) is 82.7 Å². The summed E-state index contributed by atoms with van der Waals surface area (Å²) in [5.74, 6) is -15.7. The Kier molecular flexibility index (Phi) is 27.2. The number of nitrogens with one attached hydrogen (secondary N) is 10. The normalized spacial score (nSPS) is 30.5. The third-order valence-corrected chi connectivity index (χ3v) is 30.1. The van der Waals surface area contributed by atoms with Crippen LogP contribution in [0.15, 0.2) is 24.3 Å². The fourth-order valence-electron chi connectivity index (χ4n) is 10.5. The molecule has 0 aliphatic carbocycles. The van der Waals surface area contributed by atoms with Gasteiger partial charge in [0.25, 0.3) is 0 Å². The minimum absolute atomic E-state index is 0.00117. The summed E-state index contributed by atoms with van der Waals surface area (Å²) in [4.78, 5) is 202. The highest BCUT2D eigenvalue weighted by Crippen LogP contribution is 2.78. The number of benzene rings is 1. The molecule has 20 N–H and O–H groups in total. The van der Waals surface area contributed by atoms with E-state index in [4.69, 9.17) is 22.9 Å². The van der Waals surface area contributed by atoms with Crippen molar-refractivity contribution in [1.29, 1.82) is 0 Å². The van der Waals surface area contributed by atoms with Crippen LogP contribution in [0.5, 0.6) is 5.75 Å². The maximum Gasteiger partial charge on any atom is 0.246 e. The molecule has 1 spiro atoms. The second-order valence-corrected chi connectivity index (χ2v) is 35.1. The van der Waals surface area contributed by atoms with Crippen molar-refractivity contribution in [2.45, 2.75) is 157 Å². The summed E-state index contributed by atoms with van der Waals surface area (Å²) in [7, 11) is -0.366. The molecule has 5 saturated heterocycles. The maximum atomic E-state index is 15.1. The Morgan fingerprint density at radius 2 is 1.26 bits per heavy atom. The third-order valence-electron chi connectivity index (χ3n) is 16.0. The van der Waals surface area contributed by atoms with Crippen molar-refractivity contribution in [3.8, 4) is 5.75 Å². The summed E-state index contributed by atoms with van der Waals surface area (Å²) in [5, 5.41) is 46.6. The van der Waals surface area contributed by atoms with E-state index in [2.05, 4.69) is 53.2 Å². The van der Waals surface area contributed by atoms with Crippen molar-refractivity contribution in [3.63, 3.8) is 0 Å². The number of nitrogens with zero attached hydrogens (tertiary/aromatic N) is 2. The second kappa shape index (κ2) is 34.0. The van der Waals surface area contributed by atoms with Crippen LogP contribution in [0.3, 0.4) is 0 Å². The number of phenols is 1. The number of carbonyl (C=O) groups is 14. The van der Waals surface area contributed by atoms with Gasteiger partial charge in [-0.1, -0.05) is 71.9 Å². The molecular formula is C55H84N16O16S4. The number of carbonyl (C=O) groups excluding carboxylic acids is 14. The van der Waals surface area contributed by atoms with Crippen molar-refractivity contribution in [2.24, 2.45) is 28.9 Å². The van der Waals surface area contributed by atoms with Crippen LogP contribution in [0.2, 0.25) is 0 Å². The van der Waals surface area contributed by atoms with Crippen molar-refractivity contribution in [1.82, 2.24) is 63.0 Å². The van der Waals surface area contributed by atoms with E-state index in [1.807, 2.05) is 0 Å². The monoisotopic (exact) mass is 1350 g/mol. The Hall–Kier alpha value is -7.12. The number of hydrogen-bond donors (Lipinski definition) is 16. The van der Waals surface area contributed by atoms with Gasteiger partial charge >= 0.3 is 0 Å². The Morgan fingerprint density at radius 1 is 0.681 bits per heavy atom. The molecule has 5 aliphatic heterocycles. The smallest absolute Gasteiger partial charge is 0.246 e. The van der Waals surface area contributed by atoms with Gasteiger partial charge in [-0.25, -0.2) is 0 Å². The van der Waals surface area contributed by atoms with E-state index >= 15 is 4.79 Å². The molecule has 32 nitrogen and oxygen atoms in total. The molecule has 91 heavy (non-hydrogen) atoms. The van der Waals surface area contributed by atoms with Gasteiger partial charge in [-0.15, -0.1) is 0 Å². The molecule has 36 heteroatoms. The standard InChI is InChI=1S/C55H84N16O16S4/c1-4-27(2)43(58)54(86)68-37-25-90-91-26-38(69-45(77)28(3)61-52(84)40-11-8-18-71(40)55(87)33(20-41(57)74)64-50(82)36(24-89-91)67-51(37)83)46(78)60-21-42(75)70-17-7-10-39(70)53(85)62-31(9-5-6-16-56)47(79)63-32(19-29-12-14-30(73)15-13-29)48(80)65-34(22-72)49(81)66-35(23-88-91)44(59)76/h12-15,27-28,31-40,43,72-73H,4-11,16-26,56,58H2,1-3H3,(H2,57,74)(H2,59,76)(H,60,78)(H,61,84)(H,62,85)(H,63,79)(H,64,82)(H,65,80)(H,66,81)(H,67,83)(H,68,86)(H,69,77)/t27?,28-,31-,32?,33-,34-,35?,36?,37-,38?,39?,40?,43?/m0/s1. The van der Waals surface area contributed by atoms with E-state index < -0.39 is 205 Å². The number of phenolic OH excluding ortho intramolecular Hbond substituents is 1. The maximum absolute atomic E-state index is 15.1. The first-order chi connectivity index (χ1) is 43.2. The molecule has 5 fully saturated rings. The number of hydrogen-bond acceptors (Lipinski definition) is 21. The molecule has 3 bridgehead atoms. The van der Waals surface area contributed by atoms with Gasteiger partial charge in [0.1, 0.15) is 72.2 Å². The predicted octanol–water partition coefficient (Wildman–Crippen LogP) is -5.94. The van der Waals surface area contributed by atoms with Gasteiger partial charge in [-0.05, 0) is 82.0 Å². The lowest BCUT2D eigenvalue weighted by atomic mass is 9.99. The van der Waals surface area contributed by atoms with Gasteiger partial charge < -0.3 is 96.1 Å². The van der Waals surface area contributed by atoms with Crippen LogP contribution < -0.4 is 76.1 Å². The molecule has 9 unspecified atom stereocenters. The molecule has 0 saturated carbocycles. The van der Waals surface area contributed by atoms with E-state index in [1.54, 1.807) is 13.8 Å². The van der Waals surface area contributed by atoms with Gasteiger partial charge in [-0.2, -0.15) is 0 Å². The van der Waals surface area contributed by atoms with Crippen molar-refractivity contribution in [2.75, 3.05) is 55.8 Å². The lowest BCUT2D eigenvalue weighted by molar-refractivity contribution is -0.143. The molecular weight excluding hydrogens is 1270 g/mol. The van der Waals surface area contributed by atoms with E-state index in [0.29, 0.717) is 31.2 Å². The van der Waals surface area contributed by atoms with Crippen LogP contribution in [0.25, 0.3) is 0 Å². The zero-order valence-electron chi connectivity index (χ0n) is 50.7. The molecule has 14 atom stereocenters. The number of amides is 14. The highest BCUT2D eigenvalue weighted by atomic mass is 33.8. The number of aromatic hydroxyl groups is 1. The van der Waals surface area contributed by atoms with Crippen molar-refractivity contribution < 1.29 is 77.3 Å². The van der Waals surface area contributed by atoms with Crippen LogP contribution in [0.1, 0.15) is 84.1 Å². The van der Waals surface area contributed by atoms with Gasteiger partial charge in [-0.3, -0.25) is 67.1 Å². The number of aliphatic hydroxyl groups is 1. The number of primary amides is 2. The largest absolute Gasteiger partial charge is 0.508 e. The van der Waals surface area contributed by atoms with Crippen molar-refractivity contribution in [3.05, 3.63) is 29.8 Å². The number of aliphatic hydroxyl groups excluding tert-OH is 1. The molecule has 0 aromatic heterocycles. The Balaban J connectivity index is 1.50. The van der Waals surface area contributed by atoms with Crippen LogP contribution in [-0.2, 0) is 73.5 Å². The summed E-state index contributed by atoms with van der Waals surface area (Å²) in [6.45, 7) is 3.13. The molecule has 5 aliphatic rings. The first-order valence-electron chi connectivity index (χ1n) is 30.0. The first-order valence-corrected chi connectivity index (χ1v) is 36.3. The Labute approximate surface area is 537 Å². The highest BCUT2D eigenvalue weighted by molar-refractivity contribution is 9.48. The molecule has 1 aromatic carbocycles.